The zero-order valence-corrected chi connectivity index (χ0v) is 13.6. The summed E-state index contributed by atoms with van der Waals surface area (Å²) in [6, 6.07) is 3.71. The van der Waals surface area contributed by atoms with E-state index in [-0.39, 0.29) is 32.9 Å². The number of rotatable bonds is 5. The number of allylic oxidation sites excluding steroid dienone is 1. The molecular weight excluding hydrogens is 381 g/mol. The fourth-order valence-corrected chi connectivity index (χ4v) is 4.75. The predicted octanol–water partition coefficient (Wildman–Crippen LogP) is 4.85. The van der Waals surface area contributed by atoms with Crippen LogP contribution < -0.4 is 0 Å². The number of alkyl halides is 3. The van der Waals surface area contributed by atoms with Crippen LogP contribution in [0.1, 0.15) is 6.42 Å². The summed E-state index contributed by atoms with van der Waals surface area (Å²) in [5, 5.41) is 0. The molecule has 0 aliphatic carbocycles. The molecule has 1 aromatic carbocycles. The van der Waals surface area contributed by atoms with Crippen molar-refractivity contribution in [2.24, 2.45) is 0 Å². The Morgan fingerprint density at radius 3 is 2.61 bits per heavy atom. The molecule has 0 saturated heterocycles. The maximum atomic E-state index is 12.3. The van der Waals surface area contributed by atoms with Gasteiger partial charge in [0, 0.05) is 4.90 Å². The van der Waals surface area contributed by atoms with Crippen LogP contribution >= 0.6 is 23.1 Å². The van der Waals surface area contributed by atoms with Crippen molar-refractivity contribution in [3.05, 3.63) is 30.4 Å². The van der Waals surface area contributed by atoms with E-state index in [4.69, 9.17) is 0 Å². The minimum absolute atomic E-state index is 0.110. The Hall–Kier alpha value is -1.20. The lowest BCUT2D eigenvalue weighted by molar-refractivity contribution is -0.0328. The Morgan fingerprint density at radius 1 is 1.30 bits per heavy atom. The second-order valence-electron chi connectivity index (χ2n) is 4.26. The highest BCUT2D eigenvalue weighted by molar-refractivity contribution is 8.00. The molecule has 11 heteroatoms. The molecule has 0 bridgehead atoms. The third-order valence-corrected chi connectivity index (χ3v) is 6.48. The van der Waals surface area contributed by atoms with Crippen LogP contribution in [0.15, 0.2) is 39.6 Å². The van der Waals surface area contributed by atoms with Gasteiger partial charge in [-0.15, -0.1) is 11.3 Å². The van der Waals surface area contributed by atoms with Gasteiger partial charge in [-0.3, -0.25) is 0 Å². The Bertz CT molecular complexity index is 838. The van der Waals surface area contributed by atoms with E-state index in [1.165, 1.54) is 12.1 Å². The molecule has 0 fully saturated rings. The lowest BCUT2D eigenvalue weighted by atomic mass is 10.3. The molecule has 0 aliphatic heterocycles. The second kappa shape index (κ2) is 6.73. The molecule has 0 N–H and O–H groups in total. The maximum absolute atomic E-state index is 12.3. The van der Waals surface area contributed by atoms with Crippen LogP contribution in [-0.2, 0) is 9.84 Å². The fraction of sp³-hybridized carbons (Fsp3) is 0.250. The summed E-state index contributed by atoms with van der Waals surface area (Å²) < 4.78 is 84.9. The molecule has 0 radical (unpaired) electrons. The van der Waals surface area contributed by atoms with E-state index in [0.29, 0.717) is 10.8 Å². The molecule has 2 aromatic rings. The first-order valence-corrected chi connectivity index (χ1v) is 9.25. The predicted molar refractivity (Wildman–Crippen MR) is 78.5 cm³/mol. The summed E-state index contributed by atoms with van der Waals surface area (Å²) >= 11 is 0.465. The molecular formula is C12H8F5NO2S3. The van der Waals surface area contributed by atoms with Gasteiger partial charge in [-0.2, -0.15) is 22.0 Å². The molecule has 126 valence electrons. The maximum Gasteiger partial charge on any atom is 0.446 e. The summed E-state index contributed by atoms with van der Waals surface area (Å²) in [5.74, 6) is -0.547. The van der Waals surface area contributed by atoms with Gasteiger partial charge >= 0.3 is 5.51 Å². The quantitative estimate of drug-likeness (QED) is 0.542. The Morgan fingerprint density at radius 2 is 2.00 bits per heavy atom. The van der Waals surface area contributed by atoms with Crippen LogP contribution in [0.5, 0.6) is 0 Å². The van der Waals surface area contributed by atoms with Gasteiger partial charge in [0.05, 0.1) is 16.0 Å². The highest BCUT2D eigenvalue weighted by Crippen LogP contribution is 2.38. The minimum Gasteiger partial charge on any atom is -0.225 e. The number of halogens is 5. The standard InChI is InChI=1S/C12H8F5NO2S3/c13-10(14)2-1-5-23(19,20)11-18-8-6-7(22-12(15,16)17)3-4-9(8)21-11/h2-4,6H,1,5H2. The van der Waals surface area contributed by atoms with Crippen molar-refractivity contribution in [1.29, 1.82) is 0 Å². The van der Waals surface area contributed by atoms with Crippen molar-refractivity contribution in [1.82, 2.24) is 4.98 Å². The van der Waals surface area contributed by atoms with Gasteiger partial charge in [0.1, 0.15) is 0 Å². The largest absolute Gasteiger partial charge is 0.446 e. The SMILES string of the molecule is O=S(=O)(CCC=C(F)F)c1nc2cc(SC(F)(F)F)ccc2s1. The van der Waals surface area contributed by atoms with Gasteiger partial charge in [0.25, 0.3) is 6.08 Å². The van der Waals surface area contributed by atoms with E-state index in [0.717, 1.165) is 17.4 Å². The first-order chi connectivity index (χ1) is 10.6. The first-order valence-electron chi connectivity index (χ1n) is 5.97. The summed E-state index contributed by atoms with van der Waals surface area (Å²) in [4.78, 5) is 3.70. The molecule has 0 unspecified atom stereocenters. The number of hydrogen-bond donors (Lipinski definition) is 0. The molecule has 3 nitrogen and oxygen atoms in total. The Labute approximate surface area is 136 Å². The molecule has 1 heterocycles. The van der Waals surface area contributed by atoms with Crippen LogP contribution in [0.25, 0.3) is 10.2 Å². The van der Waals surface area contributed by atoms with Crippen LogP contribution in [0, 0.1) is 0 Å². The molecule has 0 saturated carbocycles. The number of benzene rings is 1. The van der Waals surface area contributed by atoms with Crippen molar-refractivity contribution in [2.45, 2.75) is 21.2 Å². The van der Waals surface area contributed by atoms with Gasteiger partial charge in [0.2, 0.25) is 14.2 Å². The van der Waals surface area contributed by atoms with E-state index >= 15 is 0 Å². The van der Waals surface area contributed by atoms with Gasteiger partial charge in [0.15, 0.2) is 0 Å². The van der Waals surface area contributed by atoms with Crippen molar-refractivity contribution < 1.29 is 30.4 Å². The van der Waals surface area contributed by atoms with E-state index in [9.17, 15) is 30.4 Å². The topological polar surface area (TPSA) is 47.0 Å². The molecule has 23 heavy (non-hydrogen) atoms. The van der Waals surface area contributed by atoms with Gasteiger partial charge < -0.3 is 0 Å². The highest BCUT2D eigenvalue weighted by atomic mass is 32.2. The summed E-state index contributed by atoms with van der Waals surface area (Å²) in [5.41, 5.74) is -4.34. The van der Waals surface area contributed by atoms with Crippen LogP contribution in [0.4, 0.5) is 22.0 Å². The number of hydrogen-bond acceptors (Lipinski definition) is 5. The van der Waals surface area contributed by atoms with Gasteiger partial charge in [-0.05, 0) is 42.5 Å². The number of thiazole rings is 1. The summed E-state index contributed by atoms with van der Waals surface area (Å²) in [7, 11) is -3.87. The Kier molecular flexibility index (Phi) is 5.31. The monoisotopic (exact) mass is 389 g/mol. The average molecular weight is 389 g/mol. The number of aromatic nitrogens is 1. The molecule has 0 spiro atoms. The number of nitrogens with zero attached hydrogens (tertiary/aromatic N) is 1. The Balaban J connectivity index is 2.27. The third-order valence-electron chi connectivity index (χ3n) is 2.52. The minimum atomic E-state index is -4.46. The van der Waals surface area contributed by atoms with Crippen molar-refractivity contribution in [2.75, 3.05) is 5.75 Å². The fourth-order valence-electron chi connectivity index (χ4n) is 1.63. The normalized spacial score (nSPS) is 12.6. The van der Waals surface area contributed by atoms with E-state index in [1.807, 2.05) is 0 Å². The third kappa shape index (κ3) is 5.15. The molecule has 2 rings (SSSR count). The molecule has 0 atom stereocenters. The van der Waals surface area contributed by atoms with E-state index in [1.54, 1.807) is 0 Å². The van der Waals surface area contributed by atoms with Crippen molar-refractivity contribution in [3.63, 3.8) is 0 Å². The lowest BCUT2D eigenvalue weighted by Crippen LogP contribution is -2.05. The molecule has 1 aromatic heterocycles. The van der Waals surface area contributed by atoms with Crippen molar-refractivity contribution >= 4 is 43.2 Å². The zero-order chi connectivity index (χ0) is 17.3. The van der Waals surface area contributed by atoms with Crippen LogP contribution in [0.2, 0.25) is 0 Å². The summed E-state index contributed by atoms with van der Waals surface area (Å²) in [6.45, 7) is 0. The van der Waals surface area contributed by atoms with Crippen LogP contribution in [-0.4, -0.2) is 24.7 Å². The number of fused-ring (bicyclic) bond motifs is 1. The summed E-state index contributed by atoms with van der Waals surface area (Å²) in [6.07, 6.45) is -1.85. The molecule has 0 amide bonds. The van der Waals surface area contributed by atoms with Crippen molar-refractivity contribution in [3.8, 4) is 0 Å². The zero-order valence-electron chi connectivity index (χ0n) is 11.1. The lowest BCUT2D eigenvalue weighted by Gasteiger charge is -2.04. The highest BCUT2D eigenvalue weighted by Gasteiger charge is 2.29. The number of sulfone groups is 1. The van der Waals surface area contributed by atoms with E-state index < -0.39 is 27.2 Å². The van der Waals surface area contributed by atoms with Crippen LogP contribution in [0.3, 0.4) is 0 Å². The second-order valence-corrected chi connectivity index (χ2v) is 8.71. The average Bonchev–Trinajstić information content (AvgIpc) is 2.79. The molecule has 0 aliphatic rings. The first kappa shape index (κ1) is 18.1. The van der Waals surface area contributed by atoms with Gasteiger partial charge in [-0.25, -0.2) is 13.4 Å². The van der Waals surface area contributed by atoms with E-state index in [2.05, 4.69) is 4.98 Å². The number of thioether (sulfide) groups is 1. The van der Waals surface area contributed by atoms with Gasteiger partial charge in [-0.1, -0.05) is 0 Å². The smallest absolute Gasteiger partial charge is 0.225 e.